The molecule has 0 unspecified atom stereocenters. The fourth-order valence-corrected chi connectivity index (χ4v) is 6.01. The maximum Gasteiger partial charge on any atom is 0.274 e. The van der Waals surface area contributed by atoms with Crippen LogP contribution < -0.4 is 10.6 Å². The fraction of sp³-hybridized carbons (Fsp3) is 0.412. The lowest BCUT2D eigenvalue weighted by molar-refractivity contribution is -0.129. The molecule has 13 heteroatoms. The Morgan fingerprint density at radius 1 is 1.00 bits per heavy atom. The van der Waals surface area contributed by atoms with Crippen molar-refractivity contribution in [1.29, 1.82) is 0 Å². The number of imidazole rings is 1. The molecule has 1 aliphatic heterocycles. The molecule has 0 aliphatic carbocycles. The summed E-state index contributed by atoms with van der Waals surface area (Å²) in [6.45, 7) is 6.63. The SMILES string of the molecule is CSCC[C@@H]1NC(=O)CCCN(C(=O)c2nc(-c3ccc(F)cc3)[nH]c2C)CCn2nc(-c3ccccc3)nc2[C@@H](C(C)C)NC1=O. The van der Waals surface area contributed by atoms with E-state index in [2.05, 4.69) is 20.6 Å². The van der Waals surface area contributed by atoms with Gasteiger partial charge < -0.3 is 20.5 Å². The van der Waals surface area contributed by atoms with Crippen molar-refractivity contribution in [3.05, 3.63) is 77.6 Å². The number of H-pyrrole nitrogens is 1. The lowest BCUT2D eigenvalue weighted by Gasteiger charge is -2.27. The average molecular weight is 661 g/mol. The number of nitrogens with one attached hydrogen (secondary N) is 3. The molecule has 248 valence electrons. The van der Waals surface area contributed by atoms with E-state index in [1.165, 1.54) is 12.1 Å². The number of nitrogens with zero attached hydrogens (tertiary/aromatic N) is 5. The molecule has 0 spiro atoms. The van der Waals surface area contributed by atoms with Gasteiger partial charge in [-0.1, -0.05) is 44.2 Å². The van der Waals surface area contributed by atoms with E-state index in [1.807, 2.05) is 50.4 Å². The summed E-state index contributed by atoms with van der Waals surface area (Å²) in [6.07, 6.45) is 2.97. The van der Waals surface area contributed by atoms with E-state index in [0.29, 0.717) is 53.9 Å². The normalized spacial score (nSPS) is 18.0. The van der Waals surface area contributed by atoms with Crippen molar-refractivity contribution in [3.8, 4) is 22.8 Å². The van der Waals surface area contributed by atoms with E-state index in [4.69, 9.17) is 10.1 Å². The number of carbonyl (C=O) groups excluding carboxylic acids is 3. The molecule has 0 bridgehead atoms. The molecule has 0 fully saturated rings. The van der Waals surface area contributed by atoms with Gasteiger partial charge in [0.25, 0.3) is 5.91 Å². The zero-order valence-electron chi connectivity index (χ0n) is 27.1. The zero-order chi connectivity index (χ0) is 33.5. The molecule has 11 nitrogen and oxygen atoms in total. The van der Waals surface area contributed by atoms with Crippen LogP contribution in [0.15, 0.2) is 54.6 Å². The van der Waals surface area contributed by atoms with Crippen molar-refractivity contribution in [1.82, 2.24) is 40.3 Å². The second kappa shape index (κ2) is 15.4. The van der Waals surface area contributed by atoms with Crippen molar-refractivity contribution in [3.63, 3.8) is 0 Å². The highest BCUT2D eigenvalue weighted by Gasteiger charge is 2.31. The molecule has 0 radical (unpaired) electrons. The Kier molecular flexibility index (Phi) is 11.1. The minimum Gasteiger partial charge on any atom is -0.344 e. The molecule has 0 saturated heterocycles. The smallest absolute Gasteiger partial charge is 0.274 e. The van der Waals surface area contributed by atoms with Crippen molar-refractivity contribution in [2.75, 3.05) is 25.1 Å². The minimum atomic E-state index is -0.710. The van der Waals surface area contributed by atoms with Gasteiger partial charge in [-0.3, -0.25) is 14.4 Å². The van der Waals surface area contributed by atoms with Crippen LogP contribution in [-0.2, 0) is 16.1 Å². The molecule has 3 amide bonds. The predicted octanol–water partition coefficient (Wildman–Crippen LogP) is 4.77. The third-order valence-electron chi connectivity index (χ3n) is 8.14. The van der Waals surface area contributed by atoms with Crippen LogP contribution in [0.4, 0.5) is 4.39 Å². The molecule has 4 aromatic rings. The number of aromatic nitrogens is 5. The molecule has 47 heavy (non-hydrogen) atoms. The van der Waals surface area contributed by atoms with Crippen molar-refractivity contribution in [2.45, 2.75) is 58.7 Å². The van der Waals surface area contributed by atoms with Crippen molar-refractivity contribution in [2.24, 2.45) is 5.92 Å². The number of rotatable bonds is 7. The monoisotopic (exact) mass is 660 g/mol. The highest BCUT2D eigenvalue weighted by Crippen LogP contribution is 2.25. The Labute approximate surface area is 278 Å². The van der Waals surface area contributed by atoms with E-state index in [1.54, 1.807) is 40.4 Å². The maximum absolute atomic E-state index is 14.0. The third-order valence-corrected chi connectivity index (χ3v) is 8.79. The number of hydrogen-bond donors (Lipinski definition) is 3. The molecule has 2 aromatic heterocycles. The summed E-state index contributed by atoms with van der Waals surface area (Å²) in [7, 11) is 0. The standard InChI is InChI=1S/C34H41FN8O3S/c1-21(2)28-32-40-31(23-9-6-5-7-10-23)41-43(32)19-18-42(17-8-11-27(44)37-26(16-20-47-4)33(45)39-28)34(46)29-22(3)36-30(38-29)24-12-14-25(35)15-13-24/h5-7,9-10,12-15,21,26,28H,8,11,16-20H2,1-4H3,(H,36,38)(H,37,44)(H,39,45)/t26-,28+/m0/s1. The minimum absolute atomic E-state index is 0.0512. The summed E-state index contributed by atoms with van der Waals surface area (Å²) in [5.41, 5.74) is 2.32. The van der Waals surface area contributed by atoms with E-state index >= 15 is 0 Å². The van der Waals surface area contributed by atoms with Crippen LogP contribution in [0.5, 0.6) is 0 Å². The average Bonchev–Trinajstić information content (AvgIpc) is 3.66. The molecule has 3 N–H and O–H groups in total. The zero-order valence-corrected chi connectivity index (χ0v) is 27.9. The van der Waals surface area contributed by atoms with Crippen molar-refractivity contribution >= 4 is 29.5 Å². The van der Waals surface area contributed by atoms with E-state index < -0.39 is 12.1 Å². The maximum atomic E-state index is 14.0. The molecule has 1 aliphatic rings. The van der Waals surface area contributed by atoms with Gasteiger partial charge in [-0.15, -0.1) is 0 Å². The number of hydrogen-bond acceptors (Lipinski definition) is 7. The Morgan fingerprint density at radius 3 is 2.45 bits per heavy atom. The number of amides is 3. The van der Waals surface area contributed by atoms with Gasteiger partial charge >= 0.3 is 0 Å². The number of fused-ring (bicyclic) bond motifs is 1. The Hall–Kier alpha value is -4.52. The van der Waals surface area contributed by atoms with E-state index in [9.17, 15) is 18.8 Å². The number of benzene rings is 2. The molecular weight excluding hydrogens is 619 g/mol. The van der Waals surface area contributed by atoms with Crippen LogP contribution in [-0.4, -0.2) is 78.5 Å². The van der Waals surface area contributed by atoms with Gasteiger partial charge in [-0.05, 0) is 62.0 Å². The molecule has 0 saturated carbocycles. The van der Waals surface area contributed by atoms with E-state index in [0.717, 1.165) is 5.56 Å². The summed E-state index contributed by atoms with van der Waals surface area (Å²) < 4.78 is 15.3. The first-order valence-corrected chi connectivity index (χ1v) is 17.2. The largest absolute Gasteiger partial charge is 0.344 e. The van der Waals surface area contributed by atoms with Gasteiger partial charge in [0.2, 0.25) is 11.8 Å². The second-order valence-electron chi connectivity index (χ2n) is 12.0. The van der Waals surface area contributed by atoms with E-state index in [-0.39, 0.29) is 54.7 Å². The molecule has 2 aromatic carbocycles. The van der Waals surface area contributed by atoms with Crippen LogP contribution in [0.1, 0.15) is 61.2 Å². The lowest BCUT2D eigenvalue weighted by atomic mass is 10.0. The van der Waals surface area contributed by atoms with Gasteiger partial charge in [0, 0.05) is 36.3 Å². The quantitative estimate of drug-likeness (QED) is 0.260. The summed E-state index contributed by atoms with van der Waals surface area (Å²) in [4.78, 5) is 55.1. The van der Waals surface area contributed by atoms with Crippen LogP contribution >= 0.6 is 11.8 Å². The molecule has 3 heterocycles. The molecule has 2 atom stereocenters. The highest BCUT2D eigenvalue weighted by atomic mass is 32.2. The Bertz CT molecular complexity index is 1690. The summed E-state index contributed by atoms with van der Waals surface area (Å²) in [5, 5.41) is 10.9. The molecule has 5 rings (SSSR count). The van der Waals surface area contributed by atoms with Gasteiger partial charge in [0.05, 0.1) is 12.6 Å². The first kappa shape index (κ1) is 33.8. The first-order chi connectivity index (χ1) is 22.6. The number of carbonyl (C=O) groups is 3. The summed E-state index contributed by atoms with van der Waals surface area (Å²) >= 11 is 1.61. The topological polar surface area (TPSA) is 138 Å². The number of aromatic amines is 1. The Morgan fingerprint density at radius 2 is 1.74 bits per heavy atom. The van der Waals surface area contributed by atoms with Gasteiger partial charge in [0.1, 0.15) is 23.4 Å². The highest BCUT2D eigenvalue weighted by molar-refractivity contribution is 7.98. The van der Waals surface area contributed by atoms with Gasteiger partial charge in [-0.2, -0.15) is 16.9 Å². The predicted molar refractivity (Wildman–Crippen MR) is 180 cm³/mol. The van der Waals surface area contributed by atoms with Gasteiger partial charge in [-0.25, -0.2) is 19.0 Å². The van der Waals surface area contributed by atoms with Crippen LogP contribution in [0, 0.1) is 18.7 Å². The van der Waals surface area contributed by atoms with Crippen LogP contribution in [0.25, 0.3) is 22.8 Å². The number of halogens is 1. The van der Waals surface area contributed by atoms with Crippen LogP contribution in [0.2, 0.25) is 0 Å². The van der Waals surface area contributed by atoms with Gasteiger partial charge in [0.15, 0.2) is 11.6 Å². The second-order valence-corrected chi connectivity index (χ2v) is 13.0. The first-order valence-electron chi connectivity index (χ1n) is 15.8. The van der Waals surface area contributed by atoms with Crippen LogP contribution in [0.3, 0.4) is 0 Å². The van der Waals surface area contributed by atoms with Crippen molar-refractivity contribution < 1.29 is 18.8 Å². The number of aryl methyl sites for hydroxylation is 1. The lowest BCUT2D eigenvalue weighted by Crippen LogP contribution is -2.49. The third kappa shape index (κ3) is 8.26. The summed E-state index contributed by atoms with van der Waals surface area (Å²) in [5.74, 6) is 1.03. The number of thioether (sulfide) groups is 1. The summed E-state index contributed by atoms with van der Waals surface area (Å²) in [6, 6.07) is 14.3. The fourth-order valence-electron chi connectivity index (χ4n) is 5.54. The molecular formula is C34H41FN8O3S. The Balaban J connectivity index is 1.51.